The molecule has 2 N–H and O–H groups in total. The molecule has 5 nitrogen and oxygen atoms in total. The molecule has 0 saturated heterocycles. The summed E-state index contributed by atoms with van der Waals surface area (Å²) in [5.41, 5.74) is 0.508. The van der Waals surface area contributed by atoms with Gasteiger partial charge in [-0.15, -0.1) is 0 Å². The standard InChI is InChI=1S/C18H23N3O2/c22-17(19-14-18(23)11-6-1-2-7-12-18)16-10-13-21(20-16)15-8-4-3-5-9-15/h3-5,8-10,13,23H,1-2,6-7,11-12,14H2,(H,19,22). The number of amides is 1. The second-order valence-corrected chi connectivity index (χ2v) is 6.30. The molecule has 122 valence electrons. The lowest BCUT2D eigenvalue weighted by atomic mass is 9.94. The molecule has 1 aliphatic carbocycles. The molecule has 2 aromatic rings. The summed E-state index contributed by atoms with van der Waals surface area (Å²) >= 11 is 0. The van der Waals surface area contributed by atoms with Crippen LogP contribution in [0.25, 0.3) is 5.69 Å². The van der Waals surface area contributed by atoms with E-state index in [9.17, 15) is 9.90 Å². The van der Waals surface area contributed by atoms with Crippen LogP contribution < -0.4 is 5.32 Å². The van der Waals surface area contributed by atoms with Crippen LogP contribution in [0.2, 0.25) is 0 Å². The molecule has 0 aliphatic heterocycles. The van der Waals surface area contributed by atoms with Gasteiger partial charge in [-0.3, -0.25) is 4.79 Å². The maximum absolute atomic E-state index is 12.3. The van der Waals surface area contributed by atoms with Crippen molar-refractivity contribution in [1.29, 1.82) is 0 Å². The third-order valence-electron chi connectivity index (χ3n) is 4.45. The summed E-state index contributed by atoms with van der Waals surface area (Å²) in [6.45, 7) is 0.296. The van der Waals surface area contributed by atoms with Gasteiger partial charge in [0.2, 0.25) is 0 Å². The Morgan fingerprint density at radius 1 is 1.13 bits per heavy atom. The van der Waals surface area contributed by atoms with Gasteiger partial charge >= 0.3 is 0 Å². The maximum Gasteiger partial charge on any atom is 0.271 e. The number of hydrogen-bond acceptors (Lipinski definition) is 3. The monoisotopic (exact) mass is 313 g/mol. The van der Waals surface area contributed by atoms with Crippen molar-refractivity contribution < 1.29 is 9.90 Å². The topological polar surface area (TPSA) is 67.2 Å². The lowest BCUT2D eigenvalue weighted by Crippen LogP contribution is -2.42. The van der Waals surface area contributed by atoms with Crippen molar-refractivity contribution in [2.24, 2.45) is 0 Å². The normalized spacial score (nSPS) is 17.4. The number of rotatable bonds is 4. The molecule has 1 fully saturated rings. The minimum absolute atomic E-state index is 0.239. The largest absolute Gasteiger partial charge is 0.388 e. The van der Waals surface area contributed by atoms with Crippen LogP contribution in [0.4, 0.5) is 0 Å². The van der Waals surface area contributed by atoms with Crippen LogP contribution in [-0.4, -0.2) is 32.9 Å². The SMILES string of the molecule is O=C(NCC1(O)CCCCCC1)c1ccn(-c2ccccc2)n1. The van der Waals surface area contributed by atoms with Crippen LogP contribution in [0.5, 0.6) is 0 Å². The minimum atomic E-state index is -0.770. The molecule has 1 aromatic heterocycles. The third-order valence-corrected chi connectivity index (χ3v) is 4.45. The maximum atomic E-state index is 12.3. The summed E-state index contributed by atoms with van der Waals surface area (Å²) in [6.07, 6.45) is 7.65. The van der Waals surface area contributed by atoms with Crippen molar-refractivity contribution in [2.75, 3.05) is 6.54 Å². The molecule has 1 aliphatic rings. The minimum Gasteiger partial charge on any atom is -0.388 e. The first kappa shape index (κ1) is 15.7. The van der Waals surface area contributed by atoms with E-state index in [4.69, 9.17) is 0 Å². The van der Waals surface area contributed by atoms with Gasteiger partial charge in [0.1, 0.15) is 0 Å². The quantitative estimate of drug-likeness (QED) is 0.853. The first-order valence-corrected chi connectivity index (χ1v) is 8.28. The highest BCUT2D eigenvalue weighted by atomic mass is 16.3. The molecule has 0 bridgehead atoms. The van der Waals surface area contributed by atoms with Gasteiger partial charge in [0, 0.05) is 12.7 Å². The van der Waals surface area contributed by atoms with Gasteiger partial charge in [0.05, 0.1) is 11.3 Å². The Labute approximate surface area is 136 Å². The van der Waals surface area contributed by atoms with Gasteiger partial charge < -0.3 is 10.4 Å². The zero-order valence-corrected chi connectivity index (χ0v) is 13.2. The zero-order chi connectivity index (χ0) is 16.1. The van der Waals surface area contributed by atoms with Crippen LogP contribution in [0, 0.1) is 0 Å². The second kappa shape index (κ2) is 6.96. The molecule has 1 saturated carbocycles. The van der Waals surface area contributed by atoms with Crippen LogP contribution in [-0.2, 0) is 0 Å². The van der Waals surface area contributed by atoms with E-state index >= 15 is 0 Å². The molecular formula is C18H23N3O2. The van der Waals surface area contributed by atoms with Gasteiger partial charge in [0.15, 0.2) is 5.69 Å². The fourth-order valence-electron chi connectivity index (χ4n) is 3.07. The van der Waals surface area contributed by atoms with Gasteiger partial charge in [-0.25, -0.2) is 4.68 Å². The molecule has 0 unspecified atom stereocenters. The summed E-state index contributed by atoms with van der Waals surface area (Å²) in [7, 11) is 0. The van der Waals surface area contributed by atoms with Crippen molar-refractivity contribution in [3.8, 4) is 5.69 Å². The Morgan fingerprint density at radius 2 is 1.83 bits per heavy atom. The number of nitrogens with zero attached hydrogens (tertiary/aromatic N) is 2. The van der Waals surface area contributed by atoms with E-state index in [1.165, 1.54) is 0 Å². The first-order chi connectivity index (χ1) is 11.2. The highest BCUT2D eigenvalue weighted by molar-refractivity contribution is 5.92. The molecular weight excluding hydrogens is 290 g/mol. The number of nitrogens with one attached hydrogen (secondary N) is 1. The fourth-order valence-corrected chi connectivity index (χ4v) is 3.07. The Bertz CT molecular complexity index is 643. The molecule has 3 rings (SSSR count). The lowest BCUT2D eigenvalue weighted by molar-refractivity contribution is 0.0246. The molecule has 23 heavy (non-hydrogen) atoms. The smallest absolute Gasteiger partial charge is 0.271 e. The Balaban J connectivity index is 1.61. The number of aliphatic hydroxyl groups is 1. The number of hydrogen-bond donors (Lipinski definition) is 2. The van der Waals surface area contributed by atoms with Crippen molar-refractivity contribution in [3.63, 3.8) is 0 Å². The van der Waals surface area contributed by atoms with Gasteiger partial charge in [-0.1, -0.05) is 43.9 Å². The first-order valence-electron chi connectivity index (χ1n) is 8.28. The third kappa shape index (κ3) is 3.99. The summed E-state index contributed by atoms with van der Waals surface area (Å²) < 4.78 is 1.68. The van der Waals surface area contributed by atoms with Crippen molar-refractivity contribution >= 4 is 5.91 Å². The van der Waals surface area contributed by atoms with Crippen molar-refractivity contribution in [1.82, 2.24) is 15.1 Å². The van der Waals surface area contributed by atoms with Gasteiger partial charge in [0.25, 0.3) is 5.91 Å². The summed E-state index contributed by atoms with van der Waals surface area (Å²) in [5.74, 6) is -0.239. The predicted molar refractivity (Wildman–Crippen MR) is 88.5 cm³/mol. The average Bonchev–Trinajstić information content (AvgIpc) is 2.97. The van der Waals surface area contributed by atoms with Gasteiger partial charge in [-0.05, 0) is 31.0 Å². The molecule has 1 aromatic carbocycles. The summed E-state index contributed by atoms with van der Waals surface area (Å²) in [5, 5.41) is 17.7. The van der Waals surface area contributed by atoms with Crippen molar-refractivity contribution in [2.45, 2.75) is 44.1 Å². The highest BCUT2D eigenvalue weighted by Gasteiger charge is 2.28. The lowest BCUT2D eigenvalue weighted by Gasteiger charge is -2.26. The van der Waals surface area contributed by atoms with Crippen LogP contribution in [0.3, 0.4) is 0 Å². The average molecular weight is 313 g/mol. The zero-order valence-electron chi connectivity index (χ0n) is 13.2. The number of aromatic nitrogens is 2. The van der Waals surface area contributed by atoms with E-state index in [1.54, 1.807) is 16.9 Å². The van der Waals surface area contributed by atoms with E-state index in [-0.39, 0.29) is 5.91 Å². The summed E-state index contributed by atoms with van der Waals surface area (Å²) in [6, 6.07) is 11.4. The van der Waals surface area contributed by atoms with Crippen LogP contribution >= 0.6 is 0 Å². The second-order valence-electron chi connectivity index (χ2n) is 6.30. The Hall–Kier alpha value is -2.14. The molecule has 1 amide bonds. The molecule has 0 atom stereocenters. The number of carbonyl (C=O) groups excluding carboxylic acids is 1. The van der Waals surface area contributed by atoms with Crippen LogP contribution in [0.15, 0.2) is 42.6 Å². The van der Waals surface area contributed by atoms with Gasteiger partial charge in [-0.2, -0.15) is 5.10 Å². The fraction of sp³-hybridized carbons (Fsp3) is 0.444. The van der Waals surface area contributed by atoms with E-state index in [0.29, 0.717) is 12.2 Å². The molecule has 1 heterocycles. The number of benzene rings is 1. The number of carbonyl (C=O) groups is 1. The Morgan fingerprint density at radius 3 is 2.52 bits per heavy atom. The molecule has 5 heteroatoms. The summed E-state index contributed by atoms with van der Waals surface area (Å²) in [4.78, 5) is 12.3. The van der Waals surface area contributed by atoms with E-state index in [1.807, 2.05) is 30.3 Å². The van der Waals surface area contributed by atoms with Crippen molar-refractivity contribution in [3.05, 3.63) is 48.3 Å². The highest BCUT2D eigenvalue weighted by Crippen LogP contribution is 2.26. The number of para-hydroxylation sites is 1. The molecule has 0 radical (unpaired) electrons. The van der Waals surface area contributed by atoms with Crippen LogP contribution in [0.1, 0.15) is 49.0 Å². The Kier molecular flexibility index (Phi) is 4.76. The molecule has 0 spiro atoms. The predicted octanol–water partition coefficient (Wildman–Crippen LogP) is 2.69. The van der Waals surface area contributed by atoms with E-state index in [2.05, 4.69) is 10.4 Å². The van der Waals surface area contributed by atoms with E-state index < -0.39 is 5.60 Å². The van der Waals surface area contributed by atoms with E-state index in [0.717, 1.165) is 44.2 Å².